The zero-order chi connectivity index (χ0) is 18.1. The number of imidazole rings is 1. The Morgan fingerprint density at radius 3 is 2.72 bits per heavy atom. The van der Waals surface area contributed by atoms with Gasteiger partial charge in [0.15, 0.2) is 5.96 Å². The second kappa shape index (κ2) is 10.4. The highest BCUT2D eigenvalue weighted by Crippen LogP contribution is 2.11. The number of guanidine groups is 1. The van der Waals surface area contributed by atoms with Gasteiger partial charge in [0.05, 0.1) is 0 Å². The van der Waals surface area contributed by atoms with Gasteiger partial charge in [0.25, 0.3) is 0 Å². The van der Waals surface area contributed by atoms with E-state index in [-0.39, 0.29) is 0 Å². The van der Waals surface area contributed by atoms with Crippen molar-refractivity contribution >= 4 is 5.96 Å². The van der Waals surface area contributed by atoms with Crippen molar-refractivity contribution in [2.45, 2.75) is 66.1 Å². The van der Waals surface area contributed by atoms with Gasteiger partial charge in [0.2, 0.25) is 0 Å². The molecule has 1 aliphatic rings. The van der Waals surface area contributed by atoms with Gasteiger partial charge in [-0.2, -0.15) is 0 Å². The monoisotopic (exact) mass is 348 g/mol. The Labute approximate surface area is 153 Å². The normalized spacial score (nSPS) is 17.2. The predicted octanol–water partition coefficient (Wildman–Crippen LogP) is 2.47. The molecule has 0 bridgehead atoms. The summed E-state index contributed by atoms with van der Waals surface area (Å²) in [5, 5.41) is 6.99. The fourth-order valence-electron chi connectivity index (χ4n) is 3.33. The van der Waals surface area contributed by atoms with E-state index in [1.165, 1.54) is 38.9 Å². The van der Waals surface area contributed by atoms with E-state index in [1.807, 2.05) is 6.20 Å². The number of nitrogens with one attached hydrogen (secondary N) is 2. The van der Waals surface area contributed by atoms with Crippen molar-refractivity contribution in [1.29, 1.82) is 0 Å². The maximum Gasteiger partial charge on any atom is 0.191 e. The third-order valence-electron chi connectivity index (χ3n) is 4.55. The molecule has 0 atom stereocenters. The van der Waals surface area contributed by atoms with E-state index in [0.29, 0.717) is 18.5 Å². The molecule has 2 rings (SSSR count). The highest BCUT2D eigenvalue weighted by molar-refractivity contribution is 5.80. The van der Waals surface area contributed by atoms with Crippen molar-refractivity contribution in [3.63, 3.8) is 0 Å². The minimum absolute atomic E-state index is 0.515. The average Bonchev–Trinajstić information content (AvgIpc) is 3.01. The van der Waals surface area contributed by atoms with Gasteiger partial charge in [0.1, 0.15) is 12.4 Å². The number of likely N-dealkylation sites (tertiary alicyclic amines) is 1. The lowest BCUT2D eigenvalue weighted by atomic mass is 10.1. The van der Waals surface area contributed by atoms with Gasteiger partial charge in [-0.3, -0.25) is 0 Å². The molecule has 1 saturated heterocycles. The highest BCUT2D eigenvalue weighted by Gasteiger charge is 2.19. The fourth-order valence-corrected chi connectivity index (χ4v) is 3.33. The van der Waals surface area contributed by atoms with Crippen molar-refractivity contribution in [2.75, 3.05) is 26.2 Å². The Hall–Kier alpha value is -1.56. The van der Waals surface area contributed by atoms with Crippen LogP contribution in [0.1, 0.15) is 52.8 Å². The van der Waals surface area contributed by atoms with E-state index in [0.717, 1.165) is 24.9 Å². The summed E-state index contributed by atoms with van der Waals surface area (Å²) in [5.41, 5.74) is 0. The first-order chi connectivity index (χ1) is 12.1. The van der Waals surface area contributed by atoms with Crippen LogP contribution in [0.15, 0.2) is 17.4 Å². The first kappa shape index (κ1) is 19.8. The van der Waals surface area contributed by atoms with E-state index < -0.39 is 0 Å². The van der Waals surface area contributed by atoms with Crippen LogP contribution in [-0.4, -0.2) is 52.6 Å². The van der Waals surface area contributed by atoms with Crippen molar-refractivity contribution in [3.05, 3.63) is 18.2 Å². The molecule has 1 aliphatic heterocycles. The Morgan fingerprint density at radius 2 is 2.08 bits per heavy atom. The van der Waals surface area contributed by atoms with Crippen molar-refractivity contribution in [1.82, 2.24) is 25.1 Å². The molecule has 0 aliphatic carbocycles. The summed E-state index contributed by atoms with van der Waals surface area (Å²) >= 11 is 0. The number of piperidine rings is 1. The third kappa shape index (κ3) is 6.69. The molecule has 142 valence electrons. The van der Waals surface area contributed by atoms with Crippen LogP contribution in [-0.2, 0) is 13.1 Å². The second-order valence-electron chi connectivity index (χ2n) is 7.35. The zero-order valence-electron chi connectivity index (χ0n) is 16.5. The lowest BCUT2D eigenvalue weighted by molar-refractivity contribution is 0.206. The largest absolute Gasteiger partial charge is 0.357 e. The lowest BCUT2D eigenvalue weighted by Gasteiger charge is -2.32. The van der Waals surface area contributed by atoms with Crippen molar-refractivity contribution in [2.24, 2.45) is 10.9 Å². The van der Waals surface area contributed by atoms with Gasteiger partial charge >= 0.3 is 0 Å². The van der Waals surface area contributed by atoms with E-state index >= 15 is 0 Å². The minimum atomic E-state index is 0.515. The summed E-state index contributed by atoms with van der Waals surface area (Å²) in [5.74, 6) is 2.55. The van der Waals surface area contributed by atoms with Crippen LogP contribution in [0.2, 0.25) is 0 Å². The summed E-state index contributed by atoms with van der Waals surface area (Å²) in [6, 6.07) is 0.515. The molecule has 2 N–H and O–H groups in total. The highest BCUT2D eigenvalue weighted by atomic mass is 15.2. The molecule has 0 unspecified atom stereocenters. The van der Waals surface area contributed by atoms with Gasteiger partial charge in [0, 0.05) is 44.6 Å². The maximum absolute atomic E-state index is 4.77. The van der Waals surface area contributed by atoms with E-state index in [1.54, 1.807) is 0 Å². The van der Waals surface area contributed by atoms with Gasteiger partial charge in [-0.25, -0.2) is 9.98 Å². The zero-order valence-corrected chi connectivity index (χ0v) is 16.5. The summed E-state index contributed by atoms with van der Waals surface area (Å²) in [6.07, 6.45) is 7.54. The number of aliphatic imine (C=N–C) groups is 1. The molecule has 0 saturated carbocycles. The molecule has 1 aromatic rings. The topological polar surface area (TPSA) is 57.5 Å². The third-order valence-corrected chi connectivity index (χ3v) is 4.55. The molecule has 2 heterocycles. The van der Waals surface area contributed by atoms with Gasteiger partial charge in [-0.05, 0) is 38.6 Å². The van der Waals surface area contributed by atoms with E-state index in [4.69, 9.17) is 4.99 Å². The molecule has 6 nitrogen and oxygen atoms in total. The van der Waals surface area contributed by atoms with E-state index in [2.05, 4.69) is 59.0 Å². The average molecular weight is 349 g/mol. The van der Waals surface area contributed by atoms with Crippen LogP contribution < -0.4 is 10.6 Å². The standard InChI is InChI=1S/C19H36N6/c1-5-10-24-11-7-17(8-12-24)23-19(20-6-2)22-14-18-21-9-13-25(18)15-16(3)4/h9,13,16-17H,5-8,10-12,14-15H2,1-4H3,(H2,20,22,23). The Morgan fingerprint density at radius 1 is 1.32 bits per heavy atom. The summed E-state index contributed by atoms with van der Waals surface area (Å²) < 4.78 is 2.21. The minimum Gasteiger partial charge on any atom is -0.357 e. The summed E-state index contributed by atoms with van der Waals surface area (Å²) in [7, 11) is 0. The summed E-state index contributed by atoms with van der Waals surface area (Å²) in [6.45, 7) is 14.9. The first-order valence-corrected chi connectivity index (χ1v) is 9.89. The Kier molecular flexibility index (Phi) is 8.25. The van der Waals surface area contributed by atoms with Crippen LogP contribution in [0.4, 0.5) is 0 Å². The van der Waals surface area contributed by atoms with Crippen molar-refractivity contribution in [3.8, 4) is 0 Å². The van der Waals surface area contributed by atoms with Gasteiger partial charge in [-0.1, -0.05) is 20.8 Å². The van der Waals surface area contributed by atoms with Gasteiger partial charge in [-0.15, -0.1) is 0 Å². The van der Waals surface area contributed by atoms with Crippen LogP contribution >= 0.6 is 0 Å². The quantitative estimate of drug-likeness (QED) is 0.560. The molecular formula is C19H36N6. The molecule has 0 aromatic carbocycles. The fraction of sp³-hybridized carbons (Fsp3) is 0.789. The second-order valence-corrected chi connectivity index (χ2v) is 7.35. The number of rotatable bonds is 8. The maximum atomic E-state index is 4.77. The SMILES string of the molecule is CCCN1CCC(NC(=NCc2nccn2CC(C)C)NCC)CC1. The predicted molar refractivity (Wildman–Crippen MR) is 105 cm³/mol. The Bertz CT molecular complexity index is 514. The molecular weight excluding hydrogens is 312 g/mol. The number of nitrogens with zero attached hydrogens (tertiary/aromatic N) is 4. The van der Waals surface area contributed by atoms with Crippen LogP contribution in [0.5, 0.6) is 0 Å². The number of hydrogen-bond acceptors (Lipinski definition) is 3. The molecule has 1 fully saturated rings. The molecule has 1 aromatic heterocycles. The van der Waals surface area contributed by atoms with Gasteiger partial charge < -0.3 is 20.1 Å². The number of hydrogen-bond donors (Lipinski definition) is 2. The molecule has 0 radical (unpaired) electrons. The molecule has 0 amide bonds. The first-order valence-electron chi connectivity index (χ1n) is 9.89. The van der Waals surface area contributed by atoms with Crippen LogP contribution in [0, 0.1) is 5.92 Å². The molecule has 6 heteroatoms. The van der Waals surface area contributed by atoms with Crippen LogP contribution in [0.25, 0.3) is 0 Å². The molecule has 0 spiro atoms. The molecule has 25 heavy (non-hydrogen) atoms. The van der Waals surface area contributed by atoms with E-state index in [9.17, 15) is 0 Å². The Balaban J connectivity index is 1.89. The van der Waals surface area contributed by atoms with Crippen LogP contribution in [0.3, 0.4) is 0 Å². The number of aromatic nitrogens is 2. The van der Waals surface area contributed by atoms with Crippen molar-refractivity contribution < 1.29 is 0 Å². The smallest absolute Gasteiger partial charge is 0.191 e. The summed E-state index contributed by atoms with van der Waals surface area (Å²) in [4.78, 5) is 11.8. The lowest BCUT2D eigenvalue weighted by Crippen LogP contribution is -2.48.